The zero-order chi connectivity index (χ0) is 13.7. The average Bonchev–Trinajstić information content (AvgIpc) is 2.91. The summed E-state index contributed by atoms with van der Waals surface area (Å²) in [4.78, 5) is 8.22. The first-order valence-electron chi connectivity index (χ1n) is 5.70. The molecule has 0 saturated heterocycles. The van der Waals surface area contributed by atoms with Crippen LogP contribution in [0.5, 0.6) is 0 Å². The Kier molecular flexibility index (Phi) is 4.46. The Hall–Kier alpha value is -1.51. The largest absolute Gasteiger partial charge is 0.369 e. The maximum Gasteiger partial charge on any atom is 0.244 e. The van der Waals surface area contributed by atoms with Gasteiger partial charge in [0.15, 0.2) is 0 Å². The van der Waals surface area contributed by atoms with Crippen molar-refractivity contribution < 1.29 is 8.42 Å². The van der Waals surface area contributed by atoms with Crippen LogP contribution >= 0.6 is 11.3 Å². The molecule has 0 spiro atoms. The average molecular weight is 298 g/mol. The number of nitrogens with zero attached hydrogens (tertiary/aromatic N) is 2. The lowest BCUT2D eigenvalue weighted by molar-refractivity contribution is 0.581. The van der Waals surface area contributed by atoms with Crippen LogP contribution in [0.25, 0.3) is 0 Å². The number of hydrogen-bond acceptors (Lipinski definition) is 6. The third-order valence-electron chi connectivity index (χ3n) is 2.30. The molecule has 0 amide bonds. The third-order valence-corrected chi connectivity index (χ3v) is 4.51. The zero-order valence-corrected chi connectivity index (χ0v) is 12.0. The number of hydrogen-bond donors (Lipinski definition) is 2. The molecule has 19 heavy (non-hydrogen) atoms. The van der Waals surface area contributed by atoms with E-state index in [0.29, 0.717) is 12.4 Å². The summed E-state index contributed by atoms with van der Waals surface area (Å²) in [6.45, 7) is 2.67. The van der Waals surface area contributed by atoms with Crippen LogP contribution < -0.4 is 10.0 Å². The van der Waals surface area contributed by atoms with Crippen molar-refractivity contribution in [2.75, 3.05) is 11.9 Å². The second kappa shape index (κ2) is 6.09. The highest BCUT2D eigenvalue weighted by Gasteiger charge is 2.19. The molecule has 2 aromatic heterocycles. The lowest BCUT2D eigenvalue weighted by Crippen LogP contribution is -2.24. The summed E-state index contributed by atoms with van der Waals surface area (Å²) in [5.41, 5.74) is 0. The molecule has 0 aliphatic heterocycles. The molecule has 0 fully saturated rings. The first-order valence-corrected chi connectivity index (χ1v) is 8.06. The van der Waals surface area contributed by atoms with E-state index in [4.69, 9.17) is 0 Å². The molecule has 0 aromatic carbocycles. The molecular weight excluding hydrogens is 284 g/mol. The van der Waals surface area contributed by atoms with Gasteiger partial charge in [-0.3, -0.25) is 0 Å². The number of rotatable bonds is 6. The first-order chi connectivity index (χ1) is 9.13. The van der Waals surface area contributed by atoms with Gasteiger partial charge in [-0.15, -0.1) is 11.3 Å². The Morgan fingerprint density at radius 3 is 2.84 bits per heavy atom. The van der Waals surface area contributed by atoms with E-state index in [1.54, 1.807) is 23.8 Å². The van der Waals surface area contributed by atoms with Gasteiger partial charge in [-0.2, -0.15) is 0 Å². The van der Waals surface area contributed by atoms with Gasteiger partial charge in [-0.1, -0.05) is 0 Å². The van der Waals surface area contributed by atoms with Crippen molar-refractivity contribution in [2.45, 2.75) is 18.4 Å². The molecule has 2 N–H and O–H groups in total. The van der Waals surface area contributed by atoms with E-state index in [0.717, 1.165) is 5.01 Å². The van der Waals surface area contributed by atoms with Gasteiger partial charge in [-0.05, 0) is 19.1 Å². The van der Waals surface area contributed by atoms with E-state index in [1.165, 1.54) is 17.4 Å². The molecule has 2 aromatic rings. The zero-order valence-electron chi connectivity index (χ0n) is 10.3. The molecule has 8 heteroatoms. The van der Waals surface area contributed by atoms with Crippen LogP contribution in [0.4, 0.5) is 5.82 Å². The van der Waals surface area contributed by atoms with E-state index in [2.05, 4.69) is 20.0 Å². The van der Waals surface area contributed by atoms with Gasteiger partial charge in [0.2, 0.25) is 10.0 Å². The number of aromatic nitrogens is 2. The number of pyridine rings is 1. The topological polar surface area (TPSA) is 84.0 Å². The minimum absolute atomic E-state index is 0.147. The summed E-state index contributed by atoms with van der Waals surface area (Å²) in [5, 5.41) is 5.46. The molecule has 0 bridgehead atoms. The fourth-order valence-electron chi connectivity index (χ4n) is 1.48. The Labute approximate surface area is 116 Å². The van der Waals surface area contributed by atoms with Crippen molar-refractivity contribution >= 4 is 27.2 Å². The van der Waals surface area contributed by atoms with Crippen molar-refractivity contribution in [3.05, 3.63) is 34.9 Å². The van der Waals surface area contributed by atoms with Crippen LogP contribution in [-0.4, -0.2) is 24.9 Å². The van der Waals surface area contributed by atoms with Crippen LogP contribution in [0, 0.1) is 0 Å². The molecule has 0 aliphatic carbocycles. The van der Waals surface area contributed by atoms with Crippen LogP contribution in [0.3, 0.4) is 0 Å². The number of sulfonamides is 1. The predicted molar refractivity (Wildman–Crippen MR) is 74.5 cm³/mol. The molecule has 0 aliphatic rings. The van der Waals surface area contributed by atoms with Gasteiger partial charge in [-0.25, -0.2) is 23.1 Å². The van der Waals surface area contributed by atoms with E-state index >= 15 is 0 Å². The highest BCUT2D eigenvalue weighted by atomic mass is 32.2. The van der Waals surface area contributed by atoms with Crippen LogP contribution in [0.1, 0.15) is 11.9 Å². The summed E-state index contributed by atoms with van der Waals surface area (Å²) >= 11 is 1.40. The standard InChI is InChI=1S/C11H14N4O2S2/c1-2-12-11-9(4-3-5-14-11)19(16,17)15-8-10-13-6-7-18-10/h3-7,15H,2,8H2,1H3,(H,12,14). The SMILES string of the molecule is CCNc1ncccc1S(=O)(=O)NCc1nccs1. The molecule has 0 radical (unpaired) electrons. The second-order valence-corrected chi connectivity index (χ2v) is 6.35. The predicted octanol–water partition coefficient (Wildman–Crippen LogP) is 1.45. The summed E-state index contributed by atoms with van der Waals surface area (Å²) in [5.74, 6) is 0.358. The molecule has 0 unspecified atom stereocenters. The van der Waals surface area contributed by atoms with Gasteiger partial charge in [0, 0.05) is 24.3 Å². The van der Waals surface area contributed by atoms with E-state index in [1.807, 2.05) is 6.92 Å². The van der Waals surface area contributed by atoms with E-state index in [9.17, 15) is 8.42 Å². The monoisotopic (exact) mass is 298 g/mol. The van der Waals surface area contributed by atoms with Crippen LogP contribution in [-0.2, 0) is 16.6 Å². The third kappa shape index (κ3) is 3.49. The van der Waals surface area contributed by atoms with Gasteiger partial charge in [0.25, 0.3) is 0 Å². The maximum absolute atomic E-state index is 12.2. The van der Waals surface area contributed by atoms with Gasteiger partial charge in [0.1, 0.15) is 15.7 Å². The Bertz CT molecular complexity index is 626. The van der Waals surface area contributed by atoms with E-state index < -0.39 is 10.0 Å². The molecule has 2 rings (SSSR count). The maximum atomic E-state index is 12.2. The first kappa shape index (κ1) is 13.9. The minimum Gasteiger partial charge on any atom is -0.369 e. The van der Waals surface area contributed by atoms with Crippen molar-refractivity contribution in [3.63, 3.8) is 0 Å². The van der Waals surface area contributed by atoms with Crippen LogP contribution in [0.15, 0.2) is 34.8 Å². The van der Waals surface area contributed by atoms with Gasteiger partial charge < -0.3 is 5.32 Å². The number of thiazole rings is 1. The number of anilines is 1. The van der Waals surface area contributed by atoms with Gasteiger partial charge >= 0.3 is 0 Å². The normalized spacial score (nSPS) is 11.4. The smallest absolute Gasteiger partial charge is 0.244 e. The Balaban J connectivity index is 2.19. The van der Waals surface area contributed by atoms with Crippen molar-refractivity contribution in [3.8, 4) is 0 Å². The van der Waals surface area contributed by atoms with Crippen molar-refractivity contribution in [1.82, 2.24) is 14.7 Å². The minimum atomic E-state index is -3.60. The molecule has 0 atom stereocenters. The van der Waals surface area contributed by atoms with Crippen LogP contribution in [0.2, 0.25) is 0 Å². The summed E-state index contributed by atoms with van der Waals surface area (Å²) in [6, 6.07) is 3.12. The second-order valence-electron chi connectivity index (χ2n) is 3.63. The summed E-state index contributed by atoms with van der Waals surface area (Å²) in [7, 11) is -3.60. The fourth-order valence-corrected chi connectivity index (χ4v) is 3.25. The quantitative estimate of drug-likeness (QED) is 0.843. The Morgan fingerprint density at radius 1 is 1.32 bits per heavy atom. The molecular formula is C11H14N4O2S2. The van der Waals surface area contributed by atoms with Crippen molar-refractivity contribution in [2.24, 2.45) is 0 Å². The summed E-state index contributed by atoms with van der Waals surface area (Å²) < 4.78 is 26.9. The summed E-state index contributed by atoms with van der Waals surface area (Å²) in [6.07, 6.45) is 3.19. The Morgan fingerprint density at radius 2 is 2.16 bits per heavy atom. The molecule has 2 heterocycles. The van der Waals surface area contributed by atoms with E-state index in [-0.39, 0.29) is 11.4 Å². The highest BCUT2D eigenvalue weighted by Crippen LogP contribution is 2.18. The highest BCUT2D eigenvalue weighted by molar-refractivity contribution is 7.89. The molecule has 6 nitrogen and oxygen atoms in total. The lowest BCUT2D eigenvalue weighted by atomic mass is 10.4. The van der Waals surface area contributed by atoms with Gasteiger partial charge in [0.05, 0.1) is 6.54 Å². The van der Waals surface area contributed by atoms with Crippen molar-refractivity contribution in [1.29, 1.82) is 0 Å². The molecule has 102 valence electrons. The lowest BCUT2D eigenvalue weighted by Gasteiger charge is -2.10. The molecule has 0 saturated carbocycles. The number of nitrogens with one attached hydrogen (secondary N) is 2. The fraction of sp³-hybridized carbons (Fsp3) is 0.273.